The van der Waals surface area contributed by atoms with Crippen LogP contribution < -0.4 is 10.6 Å². The summed E-state index contributed by atoms with van der Waals surface area (Å²) in [5.74, 6) is 0.290. The molecule has 0 bridgehead atoms. The Labute approximate surface area is 204 Å². The van der Waals surface area contributed by atoms with Crippen LogP contribution in [-0.4, -0.2) is 29.3 Å². The molecule has 0 radical (unpaired) electrons. The number of thiophene rings is 1. The second-order valence-electron chi connectivity index (χ2n) is 9.68. The summed E-state index contributed by atoms with van der Waals surface area (Å²) in [6.45, 7) is 0.765. The first-order valence-corrected chi connectivity index (χ1v) is 13.2. The highest BCUT2D eigenvalue weighted by molar-refractivity contribution is 7.08. The molecular formula is C28H29N3O2S. The van der Waals surface area contributed by atoms with Gasteiger partial charge in [-0.3, -0.25) is 9.59 Å². The maximum Gasteiger partial charge on any atom is 0.251 e. The van der Waals surface area contributed by atoms with Crippen LogP contribution in [-0.2, 0) is 4.79 Å². The molecule has 2 aromatic carbocycles. The SMILES string of the molecule is O=C(N[C@@H]1CCC[C@@H]1C(=O)N1CCC2C(c3ccsc3)Nc3ccccc3C21)c1ccccc1. The maximum atomic E-state index is 14.0. The van der Waals surface area contributed by atoms with Crippen molar-refractivity contribution < 1.29 is 9.59 Å². The lowest BCUT2D eigenvalue weighted by Crippen LogP contribution is -2.46. The van der Waals surface area contributed by atoms with Gasteiger partial charge in [-0.1, -0.05) is 42.8 Å². The van der Waals surface area contributed by atoms with Crippen molar-refractivity contribution in [1.82, 2.24) is 10.2 Å². The molecular weight excluding hydrogens is 442 g/mol. The third-order valence-electron chi connectivity index (χ3n) is 7.83. The molecule has 1 aromatic heterocycles. The highest BCUT2D eigenvalue weighted by Gasteiger charge is 2.48. The summed E-state index contributed by atoms with van der Waals surface area (Å²) >= 11 is 1.72. The third kappa shape index (κ3) is 3.70. The van der Waals surface area contributed by atoms with Crippen LogP contribution in [0.25, 0.3) is 0 Å². The molecule has 6 rings (SSSR count). The molecule has 174 valence electrons. The van der Waals surface area contributed by atoms with E-state index in [2.05, 4.69) is 56.6 Å². The van der Waals surface area contributed by atoms with Gasteiger partial charge < -0.3 is 15.5 Å². The minimum Gasteiger partial charge on any atom is -0.378 e. The summed E-state index contributed by atoms with van der Waals surface area (Å²) in [4.78, 5) is 28.9. The van der Waals surface area contributed by atoms with Gasteiger partial charge in [0, 0.05) is 29.8 Å². The Morgan fingerprint density at radius 2 is 1.79 bits per heavy atom. The lowest BCUT2D eigenvalue weighted by molar-refractivity contribution is -0.137. The smallest absolute Gasteiger partial charge is 0.251 e. The van der Waals surface area contributed by atoms with Crippen LogP contribution in [0.2, 0.25) is 0 Å². The Kier molecular flexibility index (Phi) is 5.61. The molecule has 34 heavy (non-hydrogen) atoms. The fraction of sp³-hybridized carbons (Fsp3) is 0.357. The molecule has 5 nitrogen and oxygen atoms in total. The molecule has 2 aliphatic heterocycles. The number of carbonyl (C=O) groups is 2. The summed E-state index contributed by atoms with van der Waals surface area (Å²) in [6.07, 6.45) is 3.63. The summed E-state index contributed by atoms with van der Waals surface area (Å²) in [5.41, 5.74) is 4.29. The van der Waals surface area contributed by atoms with Crippen molar-refractivity contribution in [3.05, 3.63) is 88.1 Å². The number of rotatable bonds is 4. The van der Waals surface area contributed by atoms with Crippen LogP contribution in [0.1, 0.15) is 59.3 Å². The number of hydrogen-bond acceptors (Lipinski definition) is 4. The van der Waals surface area contributed by atoms with Crippen LogP contribution >= 0.6 is 11.3 Å². The molecule has 3 aromatic rings. The first kappa shape index (κ1) is 21.4. The van der Waals surface area contributed by atoms with Gasteiger partial charge in [0.1, 0.15) is 0 Å². The Hall–Kier alpha value is -3.12. The summed E-state index contributed by atoms with van der Waals surface area (Å²) in [5, 5.41) is 11.3. The second kappa shape index (κ2) is 8.91. The third-order valence-corrected chi connectivity index (χ3v) is 8.54. The van der Waals surface area contributed by atoms with Crippen LogP contribution in [0, 0.1) is 11.8 Å². The molecule has 5 atom stereocenters. The Balaban J connectivity index is 1.26. The number of para-hydroxylation sites is 1. The normalized spacial score (nSPS) is 27.5. The van der Waals surface area contributed by atoms with Crippen molar-refractivity contribution in [2.45, 2.75) is 43.8 Å². The lowest BCUT2D eigenvalue weighted by atomic mass is 9.80. The summed E-state index contributed by atoms with van der Waals surface area (Å²) in [7, 11) is 0. The van der Waals surface area contributed by atoms with Crippen LogP contribution in [0.4, 0.5) is 5.69 Å². The zero-order valence-electron chi connectivity index (χ0n) is 19.0. The number of anilines is 1. The van der Waals surface area contributed by atoms with E-state index >= 15 is 0 Å². The fourth-order valence-electron chi connectivity index (χ4n) is 6.24. The van der Waals surface area contributed by atoms with E-state index in [0.717, 1.165) is 37.9 Å². The Bertz CT molecular complexity index is 1180. The predicted octanol–water partition coefficient (Wildman–Crippen LogP) is 5.40. The van der Waals surface area contributed by atoms with Gasteiger partial charge in [0.25, 0.3) is 5.91 Å². The largest absolute Gasteiger partial charge is 0.378 e. The van der Waals surface area contributed by atoms with E-state index in [0.29, 0.717) is 11.5 Å². The van der Waals surface area contributed by atoms with Gasteiger partial charge in [-0.25, -0.2) is 0 Å². The van der Waals surface area contributed by atoms with Crippen LogP contribution in [0.15, 0.2) is 71.4 Å². The highest BCUT2D eigenvalue weighted by atomic mass is 32.1. The zero-order valence-corrected chi connectivity index (χ0v) is 19.8. The van der Waals surface area contributed by atoms with Crippen molar-refractivity contribution >= 4 is 28.8 Å². The van der Waals surface area contributed by atoms with Gasteiger partial charge in [-0.2, -0.15) is 11.3 Å². The van der Waals surface area contributed by atoms with E-state index < -0.39 is 0 Å². The van der Waals surface area contributed by atoms with Crippen molar-refractivity contribution in [1.29, 1.82) is 0 Å². The highest BCUT2D eigenvalue weighted by Crippen LogP contribution is 2.52. The van der Waals surface area contributed by atoms with E-state index in [1.807, 2.05) is 30.3 Å². The fourth-order valence-corrected chi connectivity index (χ4v) is 6.93. The zero-order chi connectivity index (χ0) is 23.1. The molecule has 6 heteroatoms. The van der Waals surface area contributed by atoms with Crippen LogP contribution in [0.5, 0.6) is 0 Å². The number of nitrogens with zero attached hydrogens (tertiary/aromatic N) is 1. The first-order valence-electron chi connectivity index (χ1n) is 12.2. The first-order chi connectivity index (χ1) is 16.7. The summed E-state index contributed by atoms with van der Waals surface area (Å²) < 4.78 is 0. The molecule has 1 saturated carbocycles. The predicted molar refractivity (Wildman–Crippen MR) is 135 cm³/mol. The molecule has 2 fully saturated rings. The second-order valence-corrected chi connectivity index (χ2v) is 10.5. The van der Waals surface area contributed by atoms with E-state index in [4.69, 9.17) is 0 Å². The number of carbonyl (C=O) groups excluding carboxylic acids is 2. The van der Waals surface area contributed by atoms with Crippen molar-refractivity contribution in [3.63, 3.8) is 0 Å². The number of fused-ring (bicyclic) bond motifs is 3. The molecule has 2 N–H and O–H groups in total. The maximum absolute atomic E-state index is 14.0. The lowest BCUT2D eigenvalue weighted by Gasteiger charge is -2.40. The molecule has 1 aliphatic carbocycles. The number of hydrogen-bond donors (Lipinski definition) is 2. The van der Waals surface area contributed by atoms with Crippen molar-refractivity contribution in [2.75, 3.05) is 11.9 Å². The molecule has 3 heterocycles. The Morgan fingerprint density at radius 1 is 0.971 bits per heavy atom. The van der Waals surface area contributed by atoms with Gasteiger partial charge in [0.15, 0.2) is 0 Å². The van der Waals surface area contributed by atoms with E-state index in [1.165, 1.54) is 11.1 Å². The van der Waals surface area contributed by atoms with Crippen molar-refractivity contribution in [2.24, 2.45) is 11.8 Å². The number of amides is 2. The molecule has 0 spiro atoms. The molecule has 2 amide bonds. The topological polar surface area (TPSA) is 61.4 Å². The van der Waals surface area contributed by atoms with Gasteiger partial charge >= 0.3 is 0 Å². The number of likely N-dealkylation sites (tertiary alicyclic amines) is 1. The van der Waals surface area contributed by atoms with E-state index in [-0.39, 0.29) is 35.9 Å². The molecule has 3 unspecified atom stereocenters. The number of benzene rings is 2. The average Bonchev–Trinajstić information content (AvgIpc) is 3.65. The monoisotopic (exact) mass is 471 g/mol. The minimum absolute atomic E-state index is 0.0703. The van der Waals surface area contributed by atoms with Gasteiger partial charge in [0.05, 0.1) is 18.0 Å². The Morgan fingerprint density at radius 3 is 2.62 bits per heavy atom. The van der Waals surface area contributed by atoms with Gasteiger partial charge in [-0.15, -0.1) is 0 Å². The minimum atomic E-state index is -0.159. The van der Waals surface area contributed by atoms with Gasteiger partial charge in [-0.05, 0) is 65.4 Å². The molecule has 3 aliphatic rings. The van der Waals surface area contributed by atoms with Gasteiger partial charge in [0.2, 0.25) is 5.91 Å². The number of nitrogens with one attached hydrogen (secondary N) is 2. The van der Waals surface area contributed by atoms with Crippen LogP contribution in [0.3, 0.4) is 0 Å². The standard InChI is InChI=1S/C28H29N3O2S/c32-27(18-7-2-1-3-8-18)30-24-12-6-10-21(24)28(33)31-15-13-22-25(19-14-16-34-17-19)29-23-11-5-4-9-20(23)26(22)31/h1-5,7-9,11,14,16-17,21-22,24-26,29H,6,10,12-13,15H2,(H,30,32)/t21-,22?,24+,25?,26?/m0/s1. The van der Waals surface area contributed by atoms with E-state index in [9.17, 15) is 9.59 Å². The van der Waals surface area contributed by atoms with Crippen molar-refractivity contribution in [3.8, 4) is 0 Å². The summed E-state index contributed by atoms with van der Waals surface area (Å²) in [6, 6.07) is 20.1. The average molecular weight is 472 g/mol. The quantitative estimate of drug-likeness (QED) is 0.535. The molecule has 1 saturated heterocycles. The van der Waals surface area contributed by atoms with E-state index in [1.54, 1.807) is 11.3 Å².